The van der Waals surface area contributed by atoms with Crippen LogP contribution in [0.4, 0.5) is 14.5 Å². The summed E-state index contributed by atoms with van der Waals surface area (Å²) in [5.41, 5.74) is 1.18. The number of carbonyl (C=O) groups excluding carboxylic acids is 1. The minimum atomic E-state index is -1.15. The molecule has 1 aliphatic carbocycles. The van der Waals surface area contributed by atoms with Gasteiger partial charge in [-0.3, -0.25) is 9.48 Å². The van der Waals surface area contributed by atoms with E-state index in [1.54, 1.807) is 24.2 Å². The molecule has 37 heavy (non-hydrogen) atoms. The third kappa shape index (κ3) is 4.59. The van der Waals surface area contributed by atoms with Crippen molar-refractivity contribution in [2.24, 2.45) is 7.05 Å². The Balaban J connectivity index is 1.64. The molecule has 0 atom stereocenters. The second-order valence-corrected chi connectivity index (χ2v) is 9.76. The summed E-state index contributed by atoms with van der Waals surface area (Å²) in [4.78, 5) is 25.1. The van der Waals surface area contributed by atoms with E-state index in [0.29, 0.717) is 53.2 Å². The van der Waals surface area contributed by atoms with Gasteiger partial charge in [-0.15, -0.1) is 0 Å². The first-order valence-corrected chi connectivity index (χ1v) is 12.3. The summed E-state index contributed by atoms with van der Waals surface area (Å²) in [5, 5.41) is 15.1. The number of amides is 1. The number of nitrogens with zero attached hydrogens (tertiary/aromatic N) is 3. The molecule has 1 saturated carbocycles. The third-order valence-corrected chi connectivity index (χ3v) is 7.41. The van der Waals surface area contributed by atoms with Crippen molar-refractivity contribution >= 4 is 45.8 Å². The van der Waals surface area contributed by atoms with Crippen LogP contribution in [0.2, 0.25) is 0 Å². The zero-order valence-corrected chi connectivity index (χ0v) is 20.5. The smallest absolute Gasteiger partial charge is 0.328 e. The highest BCUT2D eigenvalue weighted by Gasteiger charge is 2.39. The Bertz CT molecular complexity index is 1540. The minimum Gasteiger partial charge on any atom is -0.478 e. The number of hydrogen-bond donors (Lipinski definition) is 1. The van der Waals surface area contributed by atoms with Crippen molar-refractivity contribution in [3.05, 3.63) is 77.5 Å². The summed E-state index contributed by atoms with van der Waals surface area (Å²) in [6.07, 6.45) is 9.10. The molecule has 190 valence electrons. The normalized spacial score (nSPS) is 15.4. The molecule has 0 radical (unpaired) electrons. The summed E-state index contributed by atoms with van der Waals surface area (Å²) in [6, 6.07) is 11.7. The Hall–Kier alpha value is -4.07. The largest absolute Gasteiger partial charge is 0.478 e. The molecule has 1 aliphatic rings. The average molecular weight is 504 g/mol. The van der Waals surface area contributed by atoms with E-state index in [-0.39, 0.29) is 5.82 Å². The van der Waals surface area contributed by atoms with Gasteiger partial charge in [-0.1, -0.05) is 37.5 Å². The van der Waals surface area contributed by atoms with E-state index < -0.39 is 17.3 Å². The molecule has 0 saturated heterocycles. The average Bonchev–Trinajstić information content (AvgIpc) is 3.24. The highest BCUT2D eigenvalue weighted by Crippen LogP contribution is 2.41. The molecular formula is C29H27F2N3O3. The summed E-state index contributed by atoms with van der Waals surface area (Å²) >= 11 is 0. The fourth-order valence-corrected chi connectivity index (χ4v) is 5.78. The van der Waals surface area contributed by atoms with Gasteiger partial charge in [-0.25, -0.2) is 13.6 Å². The molecule has 8 heteroatoms. The van der Waals surface area contributed by atoms with Crippen LogP contribution in [0, 0.1) is 11.6 Å². The lowest BCUT2D eigenvalue weighted by Crippen LogP contribution is -2.51. The Kier molecular flexibility index (Phi) is 6.50. The summed E-state index contributed by atoms with van der Waals surface area (Å²) in [6.45, 7) is 0. The number of halogens is 2. The number of anilines is 1. The van der Waals surface area contributed by atoms with Crippen molar-refractivity contribution < 1.29 is 23.5 Å². The van der Waals surface area contributed by atoms with Crippen molar-refractivity contribution in [1.29, 1.82) is 0 Å². The van der Waals surface area contributed by atoms with Gasteiger partial charge in [0.05, 0.1) is 11.7 Å². The number of aryl methyl sites for hydroxylation is 1. The van der Waals surface area contributed by atoms with Gasteiger partial charge < -0.3 is 10.0 Å². The number of aromatic nitrogens is 2. The van der Waals surface area contributed by atoms with E-state index >= 15 is 4.39 Å². The van der Waals surface area contributed by atoms with E-state index in [9.17, 15) is 14.0 Å². The predicted octanol–water partition coefficient (Wildman–Crippen LogP) is 6.01. The van der Waals surface area contributed by atoms with Gasteiger partial charge >= 0.3 is 5.97 Å². The molecule has 1 aromatic heterocycles. The van der Waals surface area contributed by atoms with Crippen LogP contribution in [0.15, 0.2) is 54.7 Å². The van der Waals surface area contributed by atoms with Crippen LogP contribution in [-0.4, -0.2) is 32.8 Å². The monoisotopic (exact) mass is 503 g/mol. The van der Waals surface area contributed by atoms with Gasteiger partial charge in [0.25, 0.3) is 0 Å². The quantitative estimate of drug-likeness (QED) is 0.248. The molecule has 0 aliphatic heterocycles. The molecule has 0 bridgehead atoms. The number of benzene rings is 3. The maximum atomic E-state index is 15.9. The van der Waals surface area contributed by atoms with Crippen molar-refractivity contribution in [3.8, 4) is 0 Å². The van der Waals surface area contributed by atoms with E-state index in [0.717, 1.165) is 36.3 Å². The Morgan fingerprint density at radius 3 is 2.65 bits per heavy atom. The number of aliphatic carboxylic acids is 1. The van der Waals surface area contributed by atoms with Gasteiger partial charge in [0.1, 0.15) is 11.3 Å². The highest BCUT2D eigenvalue weighted by atomic mass is 19.1. The Labute approximate surface area is 212 Å². The number of rotatable bonds is 7. The second kappa shape index (κ2) is 9.76. The molecule has 3 aromatic carbocycles. The maximum Gasteiger partial charge on any atom is 0.328 e. The molecule has 6 nitrogen and oxygen atoms in total. The van der Waals surface area contributed by atoms with Gasteiger partial charge in [0.15, 0.2) is 5.82 Å². The van der Waals surface area contributed by atoms with Gasteiger partial charge in [0.2, 0.25) is 6.41 Å². The first kappa shape index (κ1) is 24.6. The summed E-state index contributed by atoms with van der Waals surface area (Å²) < 4.78 is 32.0. The molecular weight excluding hydrogens is 476 g/mol. The topological polar surface area (TPSA) is 75.4 Å². The van der Waals surface area contributed by atoms with E-state index in [4.69, 9.17) is 5.11 Å². The van der Waals surface area contributed by atoms with Crippen molar-refractivity contribution in [2.45, 2.75) is 44.1 Å². The Morgan fingerprint density at radius 1 is 1.14 bits per heavy atom. The van der Waals surface area contributed by atoms with Crippen LogP contribution in [0.5, 0.6) is 0 Å². The van der Waals surface area contributed by atoms with E-state index in [2.05, 4.69) is 5.10 Å². The number of fused-ring (bicyclic) bond motifs is 2. The maximum absolute atomic E-state index is 15.9. The molecule has 1 fully saturated rings. The van der Waals surface area contributed by atoms with Crippen LogP contribution in [0.25, 0.3) is 27.8 Å². The second-order valence-electron chi connectivity index (χ2n) is 9.76. The molecule has 0 unspecified atom stereocenters. The molecule has 4 aromatic rings. The minimum absolute atomic E-state index is 0.338. The van der Waals surface area contributed by atoms with Crippen molar-refractivity contribution in [2.75, 3.05) is 4.90 Å². The lowest BCUT2D eigenvalue weighted by molar-refractivity contribution is -0.131. The predicted molar refractivity (Wildman–Crippen MR) is 139 cm³/mol. The number of hydrogen-bond acceptors (Lipinski definition) is 3. The van der Waals surface area contributed by atoms with Crippen LogP contribution in [0.1, 0.15) is 43.2 Å². The first-order valence-electron chi connectivity index (χ1n) is 12.3. The number of carboxylic acids is 1. The zero-order chi connectivity index (χ0) is 26.2. The van der Waals surface area contributed by atoms with Crippen molar-refractivity contribution in [3.63, 3.8) is 0 Å². The fourth-order valence-electron chi connectivity index (χ4n) is 5.78. The Morgan fingerprint density at radius 2 is 1.92 bits per heavy atom. The van der Waals surface area contributed by atoms with Crippen LogP contribution < -0.4 is 4.90 Å². The third-order valence-electron chi connectivity index (χ3n) is 7.41. The van der Waals surface area contributed by atoms with Crippen molar-refractivity contribution in [1.82, 2.24) is 9.78 Å². The summed E-state index contributed by atoms with van der Waals surface area (Å²) in [5.74, 6) is -2.07. The molecule has 1 N–H and O–H groups in total. The summed E-state index contributed by atoms with van der Waals surface area (Å²) in [7, 11) is 1.71. The molecule has 1 heterocycles. The standard InChI is InChI=1S/C29H27F2N3O3/c1-33-28-22(17-32-33)14-20-6-5-7-21(26(20)27(28)31)16-29(10-3-2-4-11-29)34(18-35)24-13-19(8-9-25(36)37)12-23(30)15-24/h5-9,12-15,17-18H,2-4,10-11,16H2,1H3,(H,36,37)/b9-8+. The van der Waals surface area contributed by atoms with E-state index in [1.165, 1.54) is 22.9 Å². The van der Waals surface area contributed by atoms with Crippen LogP contribution >= 0.6 is 0 Å². The molecule has 0 spiro atoms. The van der Waals surface area contributed by atoms with E-state index in [1.807, 2.05) is 24.3 Å². The highest BCUT2D eigenvalue weighted by molar-refractivity contribution is 5.99. The number of carbonyl (C=O) groups is 2. The SMILES string of the molecule is Cn1ncc2cc3cccc(CC4(N(C=O)c5cc(F)cc(/C=C/C(=O)O)c5)CCCCC4)c3c(F)c21. The van der Waals surface area contributed by atoms with Gasteiger partial charge in [-0.2, -0.15) is 5.10 Å². The zero-order valence-electron chi connectivity index (χ0n) is 20.5. The van der Waals surface area contributed by atoms with Gasteiger partial charge in [-0.05, 0) is 66.1 Å². The van der Waals surface area contributed by atoms with Gasteiger partial charge in [0, 0.05) is 29.6 Å². The molecule has 5 rings (SSSR count). The lowest BCUT2D eigenvalue weighted by atomic mass is 9.75. The number of carboxylic acid groups (broad SMARTS) is 1. The fraction of sp³-hybridized carbons (Fsp3) is 0.276. The van der Waals surface area contributed by atoms with Crippen LogP contribution in [-0.2, 0) is 23.1 Å². The molecule has 1 amide bonds. The first-order chi connectivity index (χ1) is 17.8. The van der Waals surface area contributed by atoms with Crippen LogP contribution in [0.3, 0.4) is 0 Å². The lowest BCUT2D eigenvalue weighted by Gasteiger charge is -2.45.